The third-order valence-electron chi connectivity index (χ3n) is 7.69. The highest BCUT2D eigenvalue weighted by molar-refractivity contribution is 7.26. The van der Waals surface area contributed by atoms with Crippen molar-refractivity contribution in [2.45, 2.75) is 20.8 Å². The molecule has 3 aromatic heterocycles. The molecule has 7 aromatic rings. The largest absolute Gasteiger partial charge is 0.507 e. The second kappa shape index (κ2) is 9.99. The van der Waals surface area contributed by atoms with Crippen LogP contribution in [0.15, 0.2) is 109 Å². The summed E-state index contributed by atoms with van der Waals surface area (Å²) in [5.74, 6) is 0.217. The second-order valence-corrected chi connectivity index (χ2v) is 11.7. The Balaban J connectivity index is 1.58. The van der Waals surface area contributed by atoms with Crippen LogP contribution in [0.4, 0.5) is 0 Å². The third-order valence-corrected chi connectivity index (χ3v) is 8.91. The number of aromatic hydroxyl groups is 1. The number of nitrogens with zero attached hydrogens (tertiary/aromatic N) is 2. The minimum atomic E-state index is 0.217. The fourth-order valence-electron chi connectivity index (χ4n) is 5.98. The lowest BCUT2D eigenvalue weighted by Gasteiger charge is -2.16. The molecule has 0 spiro atoms. The zero-order valence-corrected chi connectivity index (χ0v) is 24.0. The van der Waals surface area contributed by atoms with E-state index in [1.165, 1.54) is 42.4 Å². The molecule has 4 aromatic carbocycles. The Labute approximate surface area is 243 Å². The van der Waals surface area contributed by atoms with Crippen molar-refractivity contribution >= 4 is 31.5 Å². The van der Waals surface area contributed by atoms with Gasteiger partial charge in [0.2, 0.25) is 0 Å². The number of hydrogen-bond donors (Lipinski definition) is 1. The van der Waals surface area contributed by atoms with Gasteiger partial charge in [0.25, 0.3) is 0 Å². The van der Waals surface area contributed by atoms with Gasteiger partial charge in [0.15, 0.2) is 0 Å². The van der Waals surface area contributed by atoms with Crippen LogP contribution in [0.3, 0.4) is 0 Å². The Hall–Kier alpha value is -4.80. The maximum Gasteiger partial charge on any atom is 0.124 e. The number of rotatable bonds is 4. The van der Waals surface area contributed by atoms with E-state index in [0.717, 1.165) is 33.8 Å². The second-order valence-electron chi connectivity index (χ2n) is 10.6. The zero-order valence-electron chi connectivity index (χ0n) is 23.1. The average Bonchev–Trinajstić information content (AvgIpc) is 3.35. The maximum absolute atomic E-state index is 10.8. The predicted octanol–water partition coefficient (Wildman–Crippen LogP) is 10.1. The molecule has 0 aliphatic heterocycles. The fraction of sp³-hybridized carbons (Fsp3) is 0.0811. The first-order valence-electron chi connectivity index (χ1n) is 13.7. The molecule has 0 fully saturated rings. The molecule has 0 radical (unpaired) electrons. The molecule has 0 bridgehead atoms. The number of phenols is 1. The lowest BCUT2D eigenvalue weighted by atomic mass is 9.91. The Morgan fingerprint density at radius 1 is 0.610 bits per heavy atom. The van der Waals surface area contributed by atoms with E-state index in [-0.39, 0.29) is 5.75 Å². The molecular weight excluding hydrogens is 520 g/mol. The Kier molecular flexibility index (Phi) is 6.14. The lowest BCUT2D eigenvalue weighted by Crippen LogP contribution is -1.95. The van der Waals surface area contributed by atoms with Crippen molar-refractivity contribution in [3.63, 3.8) is 0 Å². The van der Waals surface area contributed by atoms with E-state index in [1.807, 2.05) is 36.5 Å². The van der Waals surface area contributed by atoms with Crippen LogP contribution in [-0.2, 0) is 0 Å². The Bertz CT molecular complexity index is 2070. The van der Waals surface area contributed by atoms with E-state index in [1.54, 1.807) is 17.4 Å². The van der Waals surface area contributed by atoms with Crippen molar-refractivity contribution in [3.8, 4) is 50.6 Å². The van der Waals surface area contributed by atoms with Crippen molar-refractivity contribution in [1.29, 1.82) is 0 Å². The van der Waals surface area contributed by atoms with Crippen LogP contribution < -0.4 is 0 Å². The fourth-order valence-corrected chi connectivity index (χ4v) is 7.18. The van der Waals surface area contributed by atoms with Gasteiger partial charge in [-0.25, -0.2) is 4.98 Å². The van der Waals surface area contributed by atoms with E-state index in [2.05, 4.69) is 92.5 Å². The van der Waals surface area contributed by atoms with Crippen LogP contribution in [0, 0.1) is 20.8 Å². The molecule has 1 N–H and O–H groups in total. The minimum Gasteiger partial charge on any atom is -0.507 e. The van der Waals surface area contributed by atoms with Gasteiger partial charge in [0, 0.05) is 43.1 Å². The van der Waals surface area contributed by atoms with E-state index in [9.17, 15) is 5.11 Å². The number of benzene rings is 4. The number of aromatic nitrogens is 2. The quantitative estimate of drug-likeness (QED) is 0.238. The highest BCUT2D eigenvalue weighted by Gasteiger charge is 2.18. The van der Waals surface area contributed by atoms with Crippen LogP contribution in [0.2, 0.25) is 0 Å². The molecule has 0 atom stereocenters. The van der Waals surface area contributed by atoms with Gasteiger partial charge >= 0.3 is 0 Å². The summed E-state index contributed by atoms with van der Waals surface area (Å²) in [7, 11) is 0. The number of hydrogen-bond acceptors (Lipinski definition) is 4. The number of pyridine rings is 2. The molecule has 3 nitrogen and oxygen atoms in total. The molecule has 41 heavy (non-hydrogen) atoms. The maximum atomic E-state index is 10.8. The van der Waals surface area contributed by atoms with Gasteiger partial charge in [-0.05, 0) is 97.6 Å². The minimum absolute atomic E-state index is 0.217. The normalized spacial score (nSPS) is 11.4. The average molecular weight is 549 g/mol. The number of aryl methyl sites for hydroxylation is 3. The summed E-state index contributed by atoms with van der Waals surface area (Å²) in [5.41, 5.74) is 11.3. The number of para-hydroxylation sites is 1. The number of fused-ring (bicyclic) bond motifs is 3. The summed E-state index contributed by atoms with van der Waals surface area (Å²) in [6, 6.07) is 35.3. The SMILES string of the molecule is Cc1cc(C)c(-c2cc(-c3ccccc3O)nc(-c3cc(-c4ccccn4)cc4c3sc3ccccc34)c2)c(C)c1. The van der Waals surface area contributed by atoms with Crippen LogP contribution in [0.25, 0.3) is 65.1 Å². The highest BCUT2D eigenvalue weighted by atomic mass is 32.1. The number of phenolic OH excluding ortho intramolecular Hbond substituents is 1. The van der Waals surface area contributed by atoms with Crippen molar-refractivity contribution in [3.05, 3.63) is 126 Å². The molecule has 0 unspecified atom stereocenters. The van der Waals surface area contributed by atoms with Crippen molar-refractivity contribution in [1.82, 2.24) is 9.97 Å². The molecule has 198 valence electrons. The van der Waals surface area contributed by atoms with Crippen LogP contribution in [0.5, 0.6) is 5.75 Å². The molecule has 7 rings (SSSR count). The molecule has 0 amide bonds. The summed E-state index contributed by atoms with van der Waals surface area (Å²) in [4.78, 5) is 9.90. The molecule has 4 heteroatoms. The van der Waals surface area contributed by atoms with E-state index in [4.69, 9.17) is 4.98 Å². The first-order valence-corrected chi connectivity index (χ1v) is 14.5. The Morgan fingerprint density at radius 3 is 2.07 bits per heavy atom. The van der Waals surface area contributed by atoms with Crippen LogP contribution >= 0.6 is 11.3 Å². The summed E-state index contributed by atoms with van der Waals surface area (Å²) in [6.07, 6.45) is 1.84. The van der Waals surface area contributed by atoms with Gasteiger partial charge in [-0.2, -0.15) is 0 Å². The van der Waals surface area contributed by atoms with E-state index >= 15 is 0 Å². The van der Waals surface area contributed by atoms with Crippen molar-refractivity contribution < 1.29 is 5.11 Å². The van der Waals surface area contributed by atoms with E-state index < -0.39 is 0 Å². The van der Waals surface area contributed by atoms with Gasteiger partial charge in [-0.1, -0.05) is 54.1 Å². The molecule has 0 aliphatic rings. The summed E-state index contributed by atoms with van der Waals surface area (Å²) in [5, 5.41) is 13.3. The van der Waals surface area contributed by atoms with Crippen molar-refractivity contribution in [2.75, 3.05) is 0 Å². The van der Waals surface area contributed by atoms with E-state index in [0.29, 0.717) is 5.56 Å². The summed E-state index contributed by atoms with van der Waals surface area (Å²) >= 11 is 1.79. The summed E-state index contributed by atoms with van der Waals surface area (Å²) < 4.78 is 2.43. The smallest absolute Gasteiger partial charge is 0.124 e. The summed E-state index contributed by atoms with van der Waals surface area (Å²) in [6.45, 7) is 6.47. The molecule has 3 heterocycles. The first-order chi connectivity index (χ1) is 20.0. The van der Waals surface area contributed by atoms with Gasteiger partial charge in [-0.15, -0.1) is 11.3 Å². The third kappa shape index (κ3) is 4.47. The highest BCUT2D eigenvalue weighted by Crippen LogP contribution is 2.44. The Morgan fingerprint density at radius 2 is 1.32 bits per heavy atom. The standard InChI is InChI=1S/C37H28N2OS/c1-22-16-23(2)36(24(3)17-22)26-20-32(28-11-4-6-13-34(28)40)39-33(21-26)30-19-25(31-12-8-9-15-38-31)18-29-27-10-5-7-14-35(27)41-37(29)30/h4-21,40H,1-3H3. The molecule has 0 aliphatic carbocycles. The molecule has 0 saturated carbocycles. The molecular formula is C37H28N2OS. The molecule has 0 saturated heterocycles. The zero-order chi connectivity index (χ0) is 28.1. The van der Waals surface area contributed by atoms with Gasteiger partial charge in [0.05, 0.1) is 17.1 Å². The van der Waals surface area contributed by atoms with Gasteiger partial charge < -0.3 is 5.11 Å². The lowest BCUT2D eigenvalue weighted by molar-refractivity contribution is 0.477. The van der Waals surface area contributed by atoms with Crippen LogP contribution in [-0.4, -0.2) is 15.1 Å². The van der Waals surface area contributed by atoms with Crippen LogP contribution in [0.1, 0.15) is 16.7 Å². The first kappa shape index (κ1) is 25.2. The van der Waals surface area contributed by atoms with Crippen molar-refractivity contribution in [2.24, 2.45) is 0 Å². The topological polar surface area (TPSA) is 46.0 Å². The predicted molar refractivity (Wildman–Crippen MR) is 173 cm³/mol. The monoisotopic (exact) mass is 548 g/mol. The van der Waals surface area contributed by atoms with Gasteiger partial charge in [-0.3, -0.25) is 4.98 Å². The van der Waals surface area contributed by atoms with Gasteiger partial charge in [0.1, 0.15) is 5.75 Å². The number of thiophene rings is 1.